The van der Waals surface area contributed by atoms with Crippen LogP contribution < -0.4 is 0 Å². The zero-order chi connectivity index (χ0) is 8.55. The summed E-state index contributed by atoms with van der Waals surface area (Å²) < 4.78 is 2.68. The summed E-state index contributed by atoms with van der Waals surface area (Å²) in [5, 5.41) is 0. The van der Waals surface area contributed by atoms with Gasteiger partial charge in [0.2, 0.25) is 0 Å². The Labute approximate surface area is 79.5 Å². The van der Waals surface area contributed by atoms with Gasteiger partial charge < -0.3 is 0 Å². The fourth-order valence-corrected chi connectivity index (χ4v) is 3.19. The fourth-order valence-electron chi connectivity index (χ4n) is 1.07. The number of hydrogen-bond acceptors (Lipinski definition) is 2. The van der Waals surface area contributed by atoms with Crippen LogP contribution in [0, 0.1) is 0 Å². The van der Waals surface area contributed by atoms with Crippen LogP contribution in [0.5, 0.6) is 0 Å². The molecule has 2 aromatic rings. The molecule has 0 amide bonds. The average molecular weight is 192 g/mol. The molecule has 0 atom stereocenters. The summed E-state index contributed by atoms with van der Waals surface area (Å²) in [6.45, 7) is 7.49. The van der Waals surface area contributed by atoms with Crippen molar-refractivity contribution in [2.24, 2.45) is 0 Å². The second kappa shape index (κ2) is 2.88. The molecule has 12 heavy (non-hydrogen) atoms. The first-order valence-corrected chi connectivity index (χ1v) is 5.25. The molecule has 0 N–H and O–H groups in total. The Balaban J connectivity index is 2.66. The zero-order valence-corrected chi connectivity index (χ0v) is 8.17. The lowest BCUT2D eigenvalue weighted by atomic mass is 10.4. The summed E-state index contributed by atoms with van der Waals surface area (Å²) in [5.74, 6) is 0. The van der Waals surface area contributed by atoms with Crippen LogP contribution in [0.25, 0.3) is 21.6 Å². The van der Waals surface area contributed by atoms with E-state index in [1.54, 1.807) is 22.7 Å². The third kappa shape index (κ3) is 1.13. The maximum absolute atomic E-state index is 3.74. The zero-order valence-electron chi connectivity index (χ0n) is 6.54. The molecule has 0 aliphatic carbocycles. The summed E-state index contributed by atoms with van der Waals surface area (Å²) in [6.07, 6.45) is 3.79. The van der Waals surface area contributed by atoms with E-state index in [2.05, 4.69) is 25.3 Å². The highest BCUT2D eigenvalue weighted by Crippen LogP contribution is 2.33. The van der Waals surface area contributed by atoms with Crippen LogP contribution in [0.4, 0.5) is 0 Å². The van der Waals surface area contributed by atoms with Gasteiger partial charge in [-0.2, -0.15) is 0 Å². The molecule has 2 heterocycles. The topological polar surface area (TPSA) is 0 Å². The predicted octanol–water partition coefficient (Wildman–Crippen LogP) is 4.25. The standard InChI is InChI=1S/C10H8S2/c1-3-7-5-9-10(11-7)6-8(4-2)12-9/h3-6H,1-2H2. The van der Waals surface area contributed by atoms with E-state index in [4.69, 9.17) is 0 Å². The number of fused-ring (bicyclic) bond motifs is 1. The van der Waals surface area contributed by atoms with Crippen LogP contribution in [0.2, 0.25) is 0 Å². The summed E-state index contributed by atoms with van der Waals surface area (Å²) >= 11 is 3.56. The molecule has 0 aromatic carbocycles. The Morgan fingerprint density at radius 1 is 0.917 bits per heavy atom. The number of rotatable bonds is 2. The average Bonchev–Trinajstić information content (AvgIpc) is 2.59. The second-order valence-electron chi connectivity index (χ2n) is 2.43. The minimum atomic E-state index is 1.24. The number of thiophene rings is 2. The van der Waals surface area contributed by atoms with Crippen molar-refractivity contribution < 1.29 is 0 Å². The molecular weight excluding hydrogens is 184 g/mol. The van der Waals surface area contributed by atoms with Crippen molar-refractivity contribution in [3.63, 3.8) is 0 Å². The van der Waals surface area contributed by atoms with E-state index < -0.39 is 0 Å². The Morgan fingerprint density at radius 3 is 1.67 bits per heavy atom. The van der Waals surface area contributed by atoms with Crippen LogP contribution in [0.1, 0.15) is 9.75 Å². The number of hydrogen-bond donors (Lipinski definition) is 0. The van der Waals surface area contributed by atoms with Crippen molar-refractivity contribution >= 4 is 44.2 Å². The van der Waals surface area contributed by atoms with Gasteiger partial charge in [0, 0.05) is 19.2 Å². The molecule has 0 fully saturated rings. The van der Waals surface area contributed by atoms with E-state index in [9.17, 15) is 0 Å². The minimum Gasteiger partial charge on any atom is -0.135 e. The van der Waals surface area contributed by atoms with Gasteiger partial charge in [0.15, 0.2) is 0 Å². The van der Waals surface area contributed by atoms with E-state index in [1.807, 2.05) is 12.2 Å². The molecule has 0 spiro atoms. The van der Waals surface area contributed by atoms with Crippen LogP contribution in [-0.2, 0) is 0 Å². The van der Waals surface area contributed by atoms with Gasteiger partial charge in [-0.1, -0.05) is 25.3 Å². The SMILES string of the molecule is C=Cc1cc2sc(C=C)cc2s1. The third-order valence-electron chi connectivity index (χ3n) is 1.65. The monoisotopic (exact) mass is 192 g/mol. The molecule has 2 aromatic heterocycles. The Hall–Kier alpha value is -0.860. The molecule has 0 saturated carbocycles. The molecule has 0 aliphatic rings. The molecule has 0 saturated heterocycles. The molecule has 0 unspecified atom stereocenters. The van der Waals surface area contributed by atoms with Crippen molar-refractivity contribution in [3.8, 4) is 0 Å². The fraction of sp³-hybridized carbons (Fsp3) is 0. The maximum atomic E-state index is 3.74. The highest BCUT2D eigenvalue weighted by atomic mass is 32.1. The second-order valence-corrected chi connectivity index (χ2v) is 4.66. The van der Waals surface area contributed by atoms with Crippen LogP contribution in [0.3, 0.4) is 0 Å². The van der Waals surface area contributed by atoms with E-state index in [0.717, 1.165) is 0 Å². The van der Waals surface area contributed by atoms with Gasteiger partial charge in [-0.3, -0.25) is 0 Å². The van der Waals surface area contributed by atoms with E-state index in [-0.39, 0.29) is 0 Å². The molecule has 0 nitrogen and oxygen atoms in total. The summed E-state index contributed by atoms with van der Waals surface area (Å²) in [6, 6.07) is 4.34. The highest BCUT2D eigenvalue weighted by Gasteiger charge is 2.02. The van der Waals surface area contributed by atoms with Gasteiger partial charge in [0.25, 0.3) is 0 Å². The quantitative estimate of drug-likeness (QED) is 0.667. The van der Waals surface area contributed by atoms with E-state index in [0.29, 0.717) is 0 Å². The van der Waals surface area contributed by atoms with Crippen LogP contribution >= 0.6 is 22.7 Å². The molecule has 0 aliphatic heterocycles. The normalized spacial score (nSPS) is 10.3. The summed E-state index contributed by atoms with van der Waals surface area (Å²) in [4.78, 5) is 2.48. The van der Waals surface area contributed by atoms with Gasteiger partial charge >= 0.3 is 0 Å². The molecule has 2 rings (SSSR count). The molecular formula is C10H8S2. The van der Waals surface area contributed by atoms with Crippen LogP contribution in [-0.4, -0.2) is 0 Å². The Bertz CT molecular complexity index is 363. The first kappa shape index (κ1) is 7.77. The molecule has 0 bridgehead atoms. The van der Waals surface area contributed by atoms with Crippen molar-refractivity contribution in [2.75, 3.05) is 0 Å². The summed E-state index contributed by atoms with van der Waals surface area (Å²) in [5.41, 5.74) is 0. The minimum absolute atomic E-state index is 1.24. The predicted molar refractivity (Wildman–Crippen MR) is 59.9 cm³/mol. The Morgan fingerprint density at radius 2 is 1.33 bits per heavy atom. The summed E-state index contributed by atoms with van der Waals surface area (Å²) in [7, 11) is 0. The molecule has 0 radical (unpaired) electrons. The van der Waals surface area contributed by atoms with Gasteiger partial charge in [-0.05, 0) is 12.1 Å². The lowest BCUT2D eigenvalue weighted by Gasteiger charge is -1.78. The van der Waals surface area contributed by atoms with Gasteiger partial charge in [-0.15, -0.1) is 22.7 Å². The van der Waals surface area contributed by atoms with E-state index >= 15 is 0 Å². The molecule has 2 heteroatoms. The first-order valence-electron chi connectivity index (χ1n) is 3.62. The van der Waals surface area contributed by atoms with Crippen molar-refractivity contribution in [3.05, 3.63) is 35.0 Å². The largest absolute Gasteiger partial charge is 0.135 e. The molecule has 60 valence electrons. The van der Waals surface area contributed by atoms with Crippen molar-refractivity contribution in [1.82, 2.24) is 0 Å². The Kier molecular flexibility index (Phi) is 1.87. The van der Waals surface area contributed by atoms with Crippen molar-refractivity contribution in [1.29, 1.82) is 0 Å². The van der Waals surface area contributed by atoms with Gasteiger partial charge in [0.05, 0.1) is 0 Å². The maximum Gasteiger partial charge on any atom is 0.0463 e. The third-order valence-corrected chi connectivity index (χ3v) is 3.93. The lowest BCUT2D eigenvalue weighted by Crippen LogP contribution is -1.51. The first-order chi connectivity index (χ1) is 5.83. The smallest absolute Gasteiger partial charge is 0.0463 e. The van der Waals surface area contributed by atoms with Gasteiger partial charge in [0.1, 0.15) is 0 Å². The van der Waals surface area contributed by atoms with Gasteiger partial charge in [-0.25, -0.2) is 0 Å². The van der Waals surface area contributed by atoms with Crippen LogP contribution in [0.15, 0.2) is 25.3 Å². The van der Waals surface area contributed by atoms with Crippen molar-refractivity contribution in [2.45, 2.75) is 0 Å². The lowest BCUT2D eigenvalue weighted by molar-refractivity contribution is 2.10. The highest BCUT2D eigenvalue weighted by molar-refractivity contribution is 7.28. The van der Waals surface area contributed by atoms with E-state index in [1.165, 1.54) is 19.2 Å².